The number of ether oxygens (including phenoxy) is 1. The second kappa shape index (κ2) is 8.62. The quantitative estimate of drug-likeness (QED) is 0.683. The van der Waals surface area contributed by atoms with E-state index in [1.165, 1.54) is 12.4 Å². The second-order valence-corrected chi connectivity index (χ2v) is 5.55. The van der Waals surface area contributed by atoms with Crippen LogP contribution in [0, 0.1) is 0 Å². The van der Waals surface area contributed by atoms with Crippen LogP contribution in [0.4, 0.5) is 11.6 Å². The fourth-order valence-electron chi connectivity index (χ4n) is 2.32. The third-order valence-electron chi connectivity index (χ3n) is 3.63. The summed E-state index contributed by atoms with van der Waals surface area (Å²) in [5.74, 6) is 1.03. The molecule has 3 aromatic rings. The maximum Gasteiger partial charge on any atom is 0.254 e. The van der Waals surface area contributed by atoms with Gasteiger partial charge in [0.2, 0.25) is 5.95 Å². The smallest absolute Gasteiger partial charge is 0.254 e. The molecule has 1 amide bonds. The molecule has 1 heterocycles. The lowest BCUT2D eigenvalue weighted by Gasteiger charge is -2.08. The number of hydrogen-bond acceptors (Lipinski definition) is 5. The fraction of sp³-hybridized carbons (Fsp3) is 0.150. The number of carbonyl (C=O) groups is 1. The van der Waals surface area contributed by atoms with Gasteiger partial charge in [0.15, 0.2) is 0 Å². The summed E-state index contributed by atoms with van der Waals surface area (Å²) < 4.78 is 5.40. The van der Waals surface area contributed by atoms with Gasteiger partial charge in [0, 0.05) is 24.6 Å². The van der Waals surface area contributed by atoms with Crippen molar-refractivity contribution in [2.75, 3.05) is 11.9 Å². The monoisotopic (exact) mass is 348 g/mol. The number of nitrogens with zero attached hydrogens (tertiary/aromatic N) is 2. The van der Waals surface area contributed by atoms with Gasteiger partial charge < -0.3 is 15.4 Å². The highest BCUT2D eigenvalue weighted by Gasteiger charge is 2.07. The Bertz CT molecular complexity index is 834. The molecule has 0 radical (unpaired) electrons. The Kier molecular flexibility index (Phi) is 5.77. The molecule has 0 aliphatic rings. The first-order valence-electron chi connectivity index (χ1n) is 8.38. The maximum absolute atomic E-state index is 12.2. The number of amides is 1. The van der Waals surface area contributed by atoms with E-state index in [1.54, 1.807) is 0 Å². The molecule has 132 valence electrons. The predicted octanol–water partition coefficient (Wildman–Crippen LogP) is 3.55. The minimum atomic E-state index is -0.207. The Labute approximate surface area is 152 Å². The number of hydrogen-bond donors (Lipinski definition) is 2. The van der Waals surface area contributed by atoms with Crippen LogP contribution in [0.3, 0.4) is 0 Å². The number of anilines is 2. The lowest BCUT2D eigenvalue weighted by atomic mass is 10.2. The van der Waals surface area contributed by atoms with Crippen molar-refractivity contribution in [3.8, 4) is 5.75 Å². The maximum atomic E-state index is 12.2. The topological polar surface area (TPSA) is 76.1 Å². The van der Waals surface area contributed by atoms with E-state index in [-0.39, 0.29) is 5.91 Å². The van der Waals surface area contributed by atoms with E-state index < -0.39 is 0 Å². The minimum absolute atomic E-state index is 0.207. The van der Waals surface area contributed by atoms with Crippen LogP contribution in [0.25, 0.3) is 0 Å². The number of rotatable bonds is 7. The molecular weight excluding hydrogens is 328 g/mol. The molecule has 3 rings (SSSR count). The molecule has 1 aromatic heterocycles. The van der Waals surface area contributed by atoms with Crippen molar-refractivity contribution in [3.63, 3.8) is 0 Å². The summed E-state index contributed by atoms with van der Waals surface area (Å²) in [7, 11) is 0. The summed E-state index contributed by atoms with van der Waals surface area (Å²) in [6.45, 7) is 3.03. The molecule has 26 heavy (non-hydrogen) atoms. The summed E-state index contributed by atoms with van der Waals surface area (Å²) >= 11 is 0. The Hall–Kier alpha value is -3.41. The van der Waals surface area contributed by atoms with Crippen molar-refractivity contribution in [3.05, 3.63) is 78.1 Å². The van der Waals surface area contributed by atoms with E-state index >= 15 is 0 Å². The van der Waals surface area contributed by atoms with Crippen molar-refractivity contribution >= 4 is 17.5 Å². The number of nitrogens with one attached hydrogen (secondary N) is 2. The highest BCUT2D eigenvalue weighted by Crippen LogP contribution is 2.18. The molecule has 0 atom stereocenters. The van der Waals surface area contributed by atoms with Crippen LogP contribution < -0.4 is 15.4 Å². The summed E-state index contributed by atoms with van der Waals surface area (Å²) in [4.78, 5) is 20.6. The van der Waals surface area contributed by atoms with Gasteiger partial charge in [-0.15, -0.1) is 0 Å². The van der Waals surface area contributed by atoms with Gasteiger partial charge in [-0.05, 0) is 36.8 Å². The molecule has 2 N–H and O–H groups in total. The van der Waals surface area contributed by atoms with E-state index in [4.69, 9.17) is 4.74 Å². The Morgan fingerprint density at radius 2 is 1.69 bits per heavy atom. The van der Waals surface area contributed by atoms with Crippen molar-refractivity contribution in [2.24, 2.45) is 0 Å². The van der Waals surface area contributed by atoms with Crippen LogP contribution in [0.5, 0.6) is 5.75 Å². The van der Waals surface area contributed by atoms with Gasteiger partial charge in [0.25, 0.3) is 5.91 Å². The predicted molar refractivity (Wildman–Crippen MR) is 101 cm³/mol. The summed E-state index contributed by atoms with van der Waals surface area (Å²) in [5, 5.41) is 5.94. The zero-order chi connectivity index (χ0) is 18.2. The largest absolute Gasteiger partial charge is 0.494 e. The van der Waals surface area contributed by atoms with Crippen LogP contribution >= 0.6 is 0 Å². The number of carbonyl (C=O) groups excluding carboxylic acids is 1. The molecular formula is C20H20N4O2. The van der Waals surface area contributed by atoms with Crippen LogP contribution in [0.15, 0.2) is 67.0 Å². The third kappa shape index (κ3) is 4.80. The molecule has 0 bridgehead atoms. The van der Waals surface area contributed by atoms with Gasteiger partial charge in [-0.2, -0.15) is 0 Å². The highest BCUT2D eigenvalue weighted by atomic mass is 16.5. The molecule has 0 fully saturated rings. The summed E-state index contributed by atoms with van der Waals surface area (Å²) in [6.07, 6.45) is 3.01. The molecule has 6 heteroatoms. The van der Waals surface area contributed by atoms with E-state index in [2.05, 4.69) is 20.6 Å². The normalized spacial score (nSPS) is 10.2. The minimum Gasteiger partial charge on any atom is -0.494 e. The molecule has 6 nitrogen and oxygen atoms in total. The van der Waals surface area contributed by atoms with E-state index in [9.17, 15) is 4.79 Å². The van der Waals surface area contributed by atoms with E-state index in [0.29, 0.717) is 24.7 Å². The second-order valence-electron chi connectivity index (χ2n) is 5.55. The van der Waals surface area contributed by atoms with E-state index in [1.807, 2.05) is 61.5 Å². The Morgan fingerprint density at radius 3 is 2.35 bits per heavy atom. The van der Waals surface area contributed by atoms with Crippen molar-refractivity contribution in [2.45, 2.75) is 13.5 Å². The number of aromatic nitrogens is 2. The lowest BCUT2D eigenvalue weighted by Crippen LogP contribution is -2.23. The van der Waals surface area contributed by atoms with E-state index in [0.717, 1.165) is 17.0 Å². The zero-order valence-electron chi connectivity index (χ0n) is 14.5. The van der Waals surface area contributed by atoms with Gasteiger partial charge >= 0.3 is 0 Å². The lowest BCUT2D eigenvalue weighted by molar-refractivity contribution is 0.0950. The van der Waals surface area contributed by atoms with Crippen molar-refractivity contribution in [1.82, 2.24) is 15.3 Å². The van der Waals surface area contributed by atoms with Gasteiger partial charge in [0.05, 0.1) is 12.2 Å². The summed E-state index contributed by atoms with van der Waals surface area (Å²) in [5.41, 5.74) is 2.29. The van der Waals surface area contributed by atoms with Crippen LogP contribution in [-0.4, -0.2) is 22.5 Å². The molecule has 0 saturated heterocycles. The molecule has 0 aliphatic heterocycles. The molecule has 0 unspecified atom stereocenters. The first-order valence-corrected chi connectivity index (χ1v) is 8.38. The fourth-order valence-corrected chi connectivity index (χ4v) is 2.32. The zero-order valence-corrected chi connectivity index (χ0v) is 14.5. The van der Waals surface area contributed by atoms with Crippen LogP contribution in [0.1, 0.15) is 22.8 Å². The van der Waals surface area contributed by atoms with Gasteiger partial charge in [-0.25, -0.2) is 9.97 Å². The first kappa shape index (κ1) is 17.4. The van der Waals surface area contributed by atoms with Crippen LogP contribution in [0.2, 0.25) is 0 Å². The molecule has 2 aromatic carbocycles. The van der Waals surface area contributed by atoms with Gasteiger partial charge in [0.1, 0.15) is 5.75 Å². The SMILES string of the molecule is CCOc1ccc(Nc2ncc(C(=O)NCc3ccccc3)cn2)cc1. The average Bonchev–Trinajstić information content (AvgIpc) is 2.69. The van der Waals surface area contributed by atoms with Gasteiger partial charge in [-0.1, -0.05) is 30.3 Å². The Balaban J connectivity index is 1.56. The molecule has 0 aliphatic carbocycles. The number of benzene rings is 2. The highest BCUT2D eigenvalue weighted by molar-refractivity contribution is 5.93. The standard InChI is InChI=1S/C20H20N4O2/c1-2-26-18-10-8-17(9-11-18)24-20-22-13-16(14-23-20)19(25)21-12-15-6-4-3-5-7-15/h3-11,13-14H,2,12H2,1H3,(H,21,25)(H,22,23,24). The molecule has 0 saturated carbocycles. The average molecular weight is 348 g/mol. The Morgan fingerprint density at radius 1 is 1.00 bits per heavy atom. The van der Waals surface area contributed by atoms with Gasteiger partial charge in [-0.3, -0.25) is 4.79 Å². The third-order valence-corrected chi connectivity index (χ3v) is 3.63. The summed E-state index contributed by atoms with van der Waals surface area (Å²) in [6, 6.07) is 17.2. The first-order chi connectivity index (χ1) is 12.7. The van der Waals surface area contributed by atoms with Crippen LogP contribution in [-0.2, 0) is 6.54 Å². The van der Waals surface area contributed by atoms with Crippen molar-refractivity contribution in [1.29, 1.82) is 0 Å². The molecule has 0 spiro atoms. The van der Waals surface area contributed by atoms with Crippen molar-refractivity contribution < 1.29 is 9.53 Å².